The molecule has 0 bridgehead atoms. The second-order valence-corrected chi connectivity index (χ2v) is 8.40. The van der Waals surface area contributed by atoms with Crippen LogP contribution in [0, 0.1) is 5.82 Å². The Morgan fingerprint density at radius 1 is 1.38 bits per heavy atom. The van der Waals surface area contributed by atoms with Gasteiger partial charge >= 0.3 is 0 Å². The Morgan fingerprint density at radius 2 is 2.10 bits per heavy atom. The molecular weight excluding hydrogens is 311 g/mol. The van der Waals surface area contributed by atoms with Crippen molar-refractivity contribution < 1.29 is 12.8 Å². The maximum Gasteiger partial charge on any atom is 0.246 e. The number of nitrogens with zero attached hydrogens (tertiary/aromatic N) is 2. The van der Waals surface area contributed by atoms with E-state index >= 15 is 0 Å². The lowest BCUT2D eigenvalue weighted by atomic mass is 10.3. The summed E-state index contributed by atoms with van der Waals surface area (Å²) in [6.45, 7) is 1.09. The van der Waals surface area contributed by atoms with Crippen molar-refractivity contribution in [2.24, 2.45) is 0 Å². The smallest absolute Gasteiger partial charge is 0.246 e. The zero-order valence-corrected chi connectivity index (χ0v) is 14.0. The van der Waals surface area contributed by atoms with Gasteiger partial charge in [0.05, 0.1) is 0 Å². The first-order valence-electron chi connectivity index (χ1n) is 6.92. The Kier molecular flexibility index (Phi) is 5.65. The van der Waals surface area contributed by atoms with E-state index in [4.69, 9.17) is 0 Å². The highest BCUT2D eigenvalue weighted by Crippen LogP contribution is 2.26. The molecular formula is C14H21FN2O2S2. The molecule has 1 aromatic rings. The molecule has 0 radical (unpaired) electrons. The van der Waals surface area contributed by atoms with Crippen LogP contribution in [0.5, 0.6) is 0 Å². The van der Waals surface area contributed by atoms with E-state index in [0.29, 0.717) is 13.1 Å². The van der Waals surface area contributed by atoms with Crippen LogP contribution in [-0.2, 0) is 10.0 Å². The summed E-state index contributed by atoms with van der Waals surface area (Å²) < 4.78 is 41.0. The molecule has 1 aliphatic heterocycles. The van der Waals surface area contributed by atoms with Gasteiger partial charge in [0, 0.05) is 24.9 Å². The normalized spacial score (nSPS) is 21.4. The van der Waals surface area contributed by atoms with Gasteiger partial charge in [-0.25, -0.2) is 12.8 Å². The van der Waals surface area contributed by atoms with Gasteiger partial charge in [-0.05, 0) is 38.4 Å². The van der Waals surface area contributed by atoms with Gasteiger partial charge in [0.1, 0.15) is 10.7 Å². The number of benzene rings is 1. The van der Waals surface area contributed by atoms with Gasteiger partial charge in [0.25, 0.3) is 0 Å². The van der Waals surface area contributed by atoms with Crippen molar-refractivity contribution in [3.8, 4) is 0 Å². The minimum atomic E-state index is -3.79. The third-order valence-corrected chi connectivity index (χ3v) is 6.57. The summed E-state index contributed by atoms with van der Waals surface area (Å²) in [6.07, 6.45) is 0.794. The Balaban J connectivity index is 2.36. The maximum atomic E-state index is 13.9. The molecule has 0 saturated carbocycles. The van der Waals surface area contributed by atoms with Crippen molar-refractivity contribution in [2.75, 3.05) is 38.7 Å². The van der Waals surface area contributed by atoms with E-state index in [1.54, 1.807) is 17.8 Å². The molecule has 1 atom stereocenters. The van der Waals surface area contributed by atoms with Gasteiger partial charge < -0.3 is 4.90 Å². The summed E-state index contributed by atoms with van der Waals surface area (Å²) in [4.78, 5) is 1.75. The van der Waals surface area contributed by atoms with Crippen LogP contribution in [0.3, 0.4) is 0 Å². The summed E-state index contributed by atoms with van der Waals surface area (Å²) in [6, 6.07) is 5.47. The topological polar surface area (TPSA) is 40.6 Å². The largest absolute Gasteiger partial charge is 0.308 e. The fourth-order valence-corrected chi connectivity index (χ4v) is 5.34. The number of likely N-dealkylation sites (N-methyl/N-ethyl adjacent to an activating group) is 1. The first-order valence-corrected chi connectivity index (χ1v) is 9.51. The van der Waals surface area contributed by atoms with Gasteiger partial charge in [-0.3, -0.25) is 0 Å². The second kappa shape index (κ2) is 7.09. The van der Waals surface area contributed by atoms with Crippen LogP contribution in [0.15, 0.2) is 29.2 Å². The minimum Gasteiger partial charge on any atom is -0.308 e. The average molecular weight is 332 g/mol. The van der Waals surface area contributed by atoms with Crippen molar-refractivity contribution in [3.05, 3.63) is 30.1 Å². The molecule has 0 aliphatic carbocycles. The lowest BCUT2D eigenvalue weighted by molar-refractivity contribution is 0.270. The molecule has 1 heterocycles. The minimum absolute atomic E-state index is 0.128. The van der Waals surface area contributed by atoms with E-state index in [1.165, 1.54) is 22.5 Å². The lowest BCUT2D eigenvalue weighted by Crippen LogP contribution is -2.46. The molecule has 2 rings (SSSR count). The predicted molar refractivity (Wildman–Crippen MR) is 84.6 cm³/mol. The summed E-state index contributed by atoms with van der Waals surface area (Å²) in [7, 11) is 0.0477. The summed E-state index contributed by atoms with van der Waals surface area (Å²) in [5.74, 6) is 0.997. The summed E-state index contributed by atoms with van der Waals surface area (Å²) in [5, 5.41) is 0. The van der Waals surface area contributed by atoms with Crippen LogP contribution in [0.1, 0.15) is 6.42 Å². The first kappa shape index (κ1) is 16.7. The van der Waals surface area contributed by atoms with Gasteiger partial charge in [-0.2, -0.15) is 16.1 Å². The molecule has 4 nitrogen and oxygen atoms in total. The van der Waals surface area contributed by atoms with Crippen LogP contribution < -0.4 is 0 Å². The number of rotatable bonds is 4. The molecule has 21 heavy (non-hydrogen) atoms. The second-order valence-electron chi connectivity index (χ2n) is 5.39. The number of hydrogen-bond donors (Lipinski definition) is 0. The fourth-order valence-electron chi connectivity index (χ4n) is 2.47. The molecule has 0 unspecified atom stereocenters. The fraction of sp³-hybridized carbons (Fsp3) is 0.571. The maximum absolute atomic E-state index is 13.9. The van der Waals surface area contributed by atoms with Crippen molar-refractivity contribution in [3.63, 3.8) is 0 Å². The zero-order chi connectivity index (χ0) is 15.5. The molecule has 0 amide bonds. The molecule has 1 aliphatic rings. The zero-order valence-electron chi connectivity index (χ0n) is 12.3. The van der Waals surface area contributed by atoms with E-state index in [9.17, 15) is 12.8 Å². The van der Waals surface area contributed by atoms with Gasteiger partial charge in [0.15, 0.2) is 0 Å². The van der Waals surface area contributed by atoms with Crippen molar-refractivity contribution in [2.45, 2.75) is 17.4 Å². The predicted octanol–water partition coefficient (Wildman–Crippen LogP) is 1.88. The molecule has 0 N–H and O–H groups in total. The number of sulfonamides is 1. The molecule has 0 spiro atoms. The van der Waals surface area contributed by atoms with Gasteiger partial charge in [0.2, 0.25) is 10.0 Å². The number of thioether (sulfide) groups is 1. The van der Waals surface area contributed by atoms with Crippen LogP contribution in [-0.4, -0.2) is 62.4 Å². The quantitative estimate of drug-likeness (QED) is 0.844. The highest BCUT2D eigenvalue weighted by Gasteiger charge is 2.34. The van der Waals surface area contributed by atoms with E-state index in [2.05, 4.69) is 0 Å². The summed E-state index contributed by atoms with van der Waals surface area (Å²) >= 11 is 1.76. The van der Waals surface area contributed by atoms with E-state index in [0.717, 1.165) is 17.9 Å². The Hall–Kier alpha value is -0.630. The van der Waals surface area contributed by atoms with Gasteiger partial charge in [-0.15, -0.1) is 0 Å². The SMILES string of the molecule is CN(C)C[C@H]1CSCCCN1S(=O)(=O)c1ccccc1F. The van der Waals surface area contributed by atoms with E-state index in [-0.39, 0.29) is 10.9 Å². The summed E-state index contributed by atoms with van der Waals surface area (Å²) in [5.41, 5.74) is 0. The van der Waals surface area contributed by atoms with Crippen molar-refractivity contribution in [1.29, 1.82) is 0 Å². The Morgan fingerprint density at radius 3 is 2.76 bits per heavy atom. The highest BCUT2D eigenvalue weighted by molar-refractivity contribution is 7.99. The van der Waals surface area contributed by atoms with Gasteiger partial charge in [-0.1, -0.05) is 12.1 Å². The standard InChI is InChI=1S/C14H21FN2O2S2/c1-16(2)10-12-11-20-9-5-8-17(12)21(18,19)14-7-4-3-6-13(14)15/h3-4,6-7,12H,5,8-11H2,1-2H3/t12-/m0/s1. The van der Waals surface area contributed by atoms with E-state index in [1.807, 2.05) is 19.0 Å². The average Bonchev–Trinajstić information content (AvgIpc) is 2.64. The monoisotopic (exact) mass is 332 g/mol. The van der Waals surface area contributed by atoms with E-state index < -0.39 is 15.8 Å². The lowest BCUT2D eigenvalue weighted by Gasteiger charge is -2.30. The molecule has 1 fully saturated rings. The van der Waals surface area contributed by atoms with Crippen LogP contribution in [0.25, 0.3) is 0 Å². The van der Waals surface area contributed by atoms with Crippen LogP contribution in [0.2, 0.25) is 0 Å². The van der Waals surface area contributed by atoms with Crippen molar-refractivity contribution in [1.82, 2.24) is 9.21 Å². The van der Waals surface area contributed by atoms with Crippen LogP contribution >= 0.6 is 11.8 Å². The molecule has 118 valence electrons. The Bertz CT molecular complexity index is 578. The number of halogens is 1. The van der Waals surface area contributed by atoms with Crippen molar-refractivity contribution >= 4 is 21.8 Å². The third kappa shape index (κ3) is 3.97. The third-order valence-electron chi connectivity index (χ3n) is 3.38. The molecule has 7 heteroatoms. The Labute approximate surface area is 130 Å². The molecule has 1 aromatic carbocycles. The number of hydrogen-bond acceptors (Lipinski definition) is 4. The molecule has 1 saturated heterocycles. The first-order chi connectivity index (χ1) is 9.93. The molecule has 0 aromatic heterocycles. The van der Waals surface area contributed by atoms with Crippen LogP contribution in [0.4, 0.5) is 4.39 Å². The highest BCUT2D eigenvalue weighted by atomic mass is 32.2.